The van der Waals surface area contributed by atoms with Crippen molar-refractivity contribution in [3.05, 3.63) is 65.8 Å². The zero-order valence-electron chi connectivity index (χ0n) is 16.0. The van der Waals surface area contributed by atoms with Gasteiger partial charge in [0.15, 0.2) is 0 Å². The van der Waals surface area contributed by atoms with Crippen LogP contribution in [-0.4, -0.2) is 14.3 Å². The molecule has 30 heavy (non-hydrogen) atoms. The van der Waals surface area contributed by atoms with Gasteiger partial charge in [0.05, 0.1) is 40.0 Å². The maximum Gasteiger partial charge on any atom is 0.212 e. The van der Waals surface area contributed by atoms with Crippen LogP contribution in [0.3, 0.4) is 0 Å². The van der Waals surface area contributed by atoms with Gasteiger partial charge in [0.25, 0.3) is 0 Å². The van der Waals surface area contributed by atoms with E-state index in [2.05, 4.69) is 38.2 Å². The lowest BCUT2D eigenvalue weighted by Gasteiger charge is -2.15. The van der Waals surface area contributed by atoms with Gasteiger partial charge in [-0.15, -0.1) is 0 Å². The number of furan rings is 1. The molecule has 4 rings (SSSR count). The highest BCUT2D eigenvalue weighted by molar-refractivity contribution is 8.00. The number of benzene rings is 1. The van der Waals surface area contributed by atoms with E-state index in [0.29, 0.717) is 26.4 Å². The fourth-order valence-corrected chi connectivity index (χ4v) is 4.13. The standard InChI is InChI=1S/C20H17ClFN5OS2/c1-11(2)16-5-13(12-3-4-28-9-12)18(8-23-16)26-17-7-15(22)19(6-14(17)21)29-27-20-24-10-25-30-20/h3-11,26H,1-2H3,(H,24,25,27). The summed E-state index contributed by atoms with van der Waals surface area (Å²) in [5.74, 6) is -0.150. The third kappa shape index (κ3) is 4.58. The van der Waals surface area contributed by atoms with Crippen LogP contribution in [0.1, 0.15) is 25.5 Å². The maximum absolute atomic E-state index is 14.7. The molecule has 3 heterocycles. The molecule has 0 saturated carbocycles. The number of anilines is 3. The van der Waals surface area contributed by atoms with Gasteiger partial charge in [-0.25, -0.2) is 9.37 Å². The van der Waals surface area contributed by atoms with E-state index in [0.717, 1.165) is 28.8 Å². The molecule has 0 bridgehead atoms. The maximum atomic E-state index is 14.7. The molecule has 0 atom stereocenters. The Balaban J connectivity index is 1.62. The van der Waals surface area contributed by atoms with Crippen molar-refractivity contribution in [3.63, 3.8) is 0 Å². The first-order valence-corrected chi connectivity index (χ1v) is 11.0. The van der Waals surface area contributed by atoms with Crippen LogP contribution in [0.25, 0.3) is 11.1 Å². The largest absolute Gasteiger partial charge is 0.472 e. The van der Waals surface area contributed by atoms with E-state index in [9.17, 15) is 4.39 Å². The van der Waals surface area contributed by atoms with Crippen molar-refractivity contribution < 1.29 is 8.81 Å². The first kappa shape index (κ1) is 20.6. The summed E-state index contributed by atoms with van der Waals surface area (Å²) in [6.07, 6.45) is 6.43. The lowest BCUT2D eigenvalue weighted by Crippen LogP contribution is -2.00. The number of hydrogen-bond donors (Lipinski definition) is 2. The van der Waals surface area contributed by atoms with E-state index in [1.165, 1.54) is 23.9 Å². The van der Waals surface area contributed by atoms with Crippen LogP contribution < -0.4 is 10.0 Å². The third-order valence-electron chi connectivity index (χ3n) is 4.25. The molecule has 10 heteroatoms. The highest BCUT2D eigenvalue weighted by Crippen LogP contribution is 2.37. The first-order valence-electron chi connectivity index (χ1n) is 8.99. The van der Waals surface area contributed by atoms with Crippen molar-refractivity contribution in [2.45, 2.75) is 24.7 Å². The monoisotopic (exact) mass is 461 g/mol. The quantitative estimate of drug-likeness (QED) is 0.288. The van der Waals surface area contributed by atoms with Crippen molar-refractivity contribution in [1.82, 2.24) is 14.3 Å². The minimum atomic E-state index is -0.416. The molecule has 1 aromatic carbocycles. The molecule has 0 amide bonds. The molecule has 4 aromatic rings. The van der Waals surface area contributed by atoms with Crippen LogP contribution in [0, 0.1) is 5.82 Å². The molecular formula is C20H17ClFN5OS2. The van der Waals surface area contributed by atoms with Gasteiger partial charge in [-0.1, -0.05) is 25.4 Å². The van der Waals surface area contributed by atoms with Crippen LogP contribution >= 0.6 is 35.1 Å². The second kappa shape index (κ2) is 9.03. The summed E-state index contributed by atoms with van der Waals surface area (Å²) in [5.41, 5.74) is 3.89. The average Bonchev–Trinajstić information content (AvgIpc) is 3.43. The average molecular weight is 462 g/mol. The second-order valence-corrected chi connectivity index (χ2v) is 8.69. The predicted octanol–water partition coefficient (Wildman–Crippen LogP) is 6.97. The van der Waals surface area contributed by atoms with Gasteiger partial charge >= 0.3 is 0 Å². The summed E-state index contributed by atoms with van der Waals surface area (Å²) in [5, 5.41) is 4.17. The fourth-order valence-electron chi connectivity index (χ4n) is 2.71. The Hall–Kier alpha value is -2.62. The van der Waals surface area contributed by atoms with Gasteiger partial charge in [-0.05, 0) is 36.1 Å². The van der Waals surface area contributed by atoms with Crippen LogP contribution in [0.2, 0.25) is 5.02 Å². The molecule has 154 valence electrons. The summed E-state index contributed by atoms with van der Waals surface area (Å²) in [6, 6.07) is 6.79. The fraction of sp³-hybridized carbons (Fsp3) is 0.150. The molecule has 6 nitrogen and oxygen atoms in total. The summed E-state index contributed by atoms with van der Waals surface area (Å²) in [6.45, 7) is 4.15. The molecule has 0 radical (unpaired) electrons. The molecule has 0 spiro atoms. The van der Waals surface area contributed by atoms with Crippen molar-refractivity contribution >= 4 is 51.6 Å². The molecule has 0 aliphatic heterocycles. The van der Waals surface area contributed by atoms with Gasteiger partial charge in [-0.3, -0.25) is 4.98 Å². The molecule has 0 aliphatic carbocycles. The van der Waals surface area contributed by atoms with Gasteiger partial charge in [0, 0.05) is 34.4 Å². The van der Waals surface area contributed by atoms with Crippen molar-refractivity contribution in [2.75, 3.05) is 10.0 Å². The number of aromatic nitrogens is 3. The molecule has 3 aromatic heterocycles. The molecular weight excluding hydrogens is 445 g/mol. The zero-order chi connectivity index (χ0) is 21.1. The predicted molar refractivity (Wildman–Crippen MR) is 120 cm³/mol. The topological polar surface area (TPSA) is 75.9 Å². The van der Waals surface area contributed by atoms with Gasteiger partial charge in [-0.2, -0.15) is 4.37 Å². The smallest absolute Gasteiger partial charge is 0.212 e. The van der Waals surface area contributed by atoms with E-state index in [4.69, 9.17) is 16.0 Å². The van der Waals surface area contributed by atoms with E-state index in [1.54, 1.807) is 24.8 Å². The minimum absolute atomic E-state index is 0.266. The highest BCUT2D eigenvalue weighted by atomic mass is 35.5. The molecule has 0 unspecified atom stereocenters. The van der Waals surface area contributed by atoms with Gasteiger partial charge < -0.3 is 14.5 Å². The number of nitrogens with one attached hydrogen (secondary N) is 2. The second-order valence-electron chi connectivity index (χ2n) is 6.66. The Morgan fingerprint density at radius 1 is 1.20 bits per heavy atom. The Labute approximate surface area is 186 Å². The number of nitrogens with zero attached hydrogens (tertiary/aromatic N) is 3. The lowest BCUT2D eigenvalue weighted by atomic mass is 10.0. The SMILES string of the molecule is CC(C)c1cc(-c2ccoc2)c(Nc2cc(F)c(SNc3ncns3)cc2Cl)cn1. The minimum Gasteiger partial charge on any atom is -0.472 e. The summed E-state index contributed by atoms with van der Waals surface area (Å²) in [4.78, 5) is 8.87. The number of hydrogen-bond acceptors (Lipinski definition) is 8. The van der Waals surface area contributed by atoms with Crippen molar-refractivity contribution in [1.29, 1.82) is 0 Å². The number of halogens is 2. The lowest BCUT2D eigenvalue weighted by molar-refractivity contribution is 0.568. The molecule has 0 aliphatic rings. The van der Waals surface area contributed by atoms with E-state index >= 15 is 0 Å². The Morgan fingerprint density at radius 3 is 2.77 bits per heavy atom. The van der Waals surface area contributed by atoms with E-state index in [1.807, 2.05) is 12.1 Å². The summed E-state index contributed by atoms with van der Waals surface area (Å²) in [7, 11) is 0. The Kier molecular flexibility index (Phi) is 6.21. The van der Waals surface area contributed by atoms with Crippen LogP contribution in [0.4, 0.5) is 20.9 Å². The number of rotatable bonds is 7. The zero-order valence-corrected chi connectivity index (χ0v) is 18.4. The van der Waals surface area contributed by atoms with Gasteiger partial charge in [0.1, 0.15) is 12.1 Å². The van der Waals surface area contributed by atoms with Crippen molar-refractivity contribution in [3.8, 4) is 11.1 Å². The van der Waals surface area contributed by atoms with E-state index in [-0.39, 0.29) is 5.92 Å². The first-order chi connectivity index (χ1) is 14.5. The molecule has 0 saturated heterocycles. The van der Waals surface area contributed by atoms with Crippen LogP contribution in [0.5, 0.6) is 0 Å². The summed E-state index contributed by atoms with van der Waals surface area (Å²) >= 11 is 8.71. The van der Waals surface area contributed by atoms with Crippen LogP contribution in [0.15, 0.2) is 58.6 Å². The Bertz CT molecular complexity index is 1140. The third-order valence-corrected chi connectivity index (χ3v) is 6.10. The molecule has 0 fully saturated rings. The Morgan fingerprint density at radius 2 is 2.07 bits per heavy atom. The van der Waals surface area contributed by atoms with Crippen LogP contribution in [-0.2, 0) is 0 Å². The highest BCUT2D eigenvalue weighted by Gasteiger charge is 2.15. The summed E-state index contributed by atoms with van der Waals surface area (Å²) < 4.78 is 26.8. The molecule has 2 N–H and O–H groups in total. The van der Waals surface area contributed by atoms with Crippen molar-refractivity contribution in [2.24, 2.45) is 0 Å². The normalized spacial score (nSPS) is 11.1. The van der Waals surface area contributed by atoms with Gasteiger partial charge in [0.2, 0.25) is 5.13 Å². The van der Waals surface area contributed by atoms with E-state index < -0.39 is 5.82 Å². The number of pyridine rings is 1.